The van der Waals surface area contributed by atoms with E-state index in [-0.39, 0.29) is 18.3 Å². The molecule has 5 heterocycles. The maximum atomic E-state index is 6.47. The fourth-order valence-corrected chi connectivity index (χ4v) is 6.98. The third kappa shape index (κ3) is 7.91. The molecule has 7 rings (SSSR count). The van der Waals surface area contributed by atoms with Gasteiger partial charge >= 0.3 is 0 Å². The fraction of sp³-hybridized carbons (Fsp3) is 0.559. The highest BCUT2D eigenvalue weighted by Gasteiger charge is 2.32. The van der Waals surface area contributed by atoms with Crippen molar-refractivity contribution >= 4 is 23.2 Å². The number of benzene rings is 1. The minimum absolute atomic E-state index is 0.163. The highest BCUT2D eigenvalue weighted by atomic mass is 35.5. The van der Waals surface area contributed by atoms with Crippen LogP contribution in [0.1, 0.15) is 52.5 Å². The Balaban J connectivity index is 1.01. The average molecular weight is 678 g/mol. The molecule has 0 spiro atoms. The minimum Gasteiger partial charge on any atom is -0.487 e. The van der Waals surface area contributed by atoms with Gasteiger partial charge in [-0.15, -0.1) is 5.10 Å². The second-order valence-electron chi connectivity index (χ2n) is 13.3. The van der Waals surface area contributed by atoms with Crippen LogP contribution in [0.15, 0.2) is 49.4 Å². The summed E-state index contributed by atoms with van der Waals surface area (Å²) >= 11 is 6.47. The van der Waals surface area contributed by atoms with Gasteiger partial charge in [-0.05, 0) is 64.2 Å². The lowest BCUT2D eigenvalue weighted by atomic mass is 9.89. The summed E-state index contributed by atoms with van der Waals surface area (Å²) in [5, 5.41) is 13.0. The van der Waals surface area contributed by atoms with E-state index in [1.165, 1.54) is 6.33 Å². The van der Waals surface area contributed by atoms with Crippen molar-refractivity contribution in [2.45, 2.75) is 83.4 Å². The highest BCUT2D eigenvalue weighted by Crippen LogP contribution is 2.36. The van der Waals surface area contributed by atoms with E-state index in [9.17, 15) is 0 Å². The maximum Gasteiger partial charge on any atom is 0.256 e. The first-order valence-corrected chi connectivity index (χ1v) is 17.3. The van der Waals surface area contributed by atoms with E-state index in [0.29, 0.717) is 53.8 Å². The molecule has 0 unspecified atom stereocenters. The van der Waals surface area contributed by atoms with E-state index in [1.807, 2.05) is 31.3 Å². The number of hydrogen-bond acceptors (Lipinski definition) is 11. The number of nitrogens with one attached hydrogen (secondary N) is 1. The second kappa shape index (κ2) is 14.8. The van der Waals surface area contributed by atoms with Crippen LogP contribution < -0.4 is 14.8 Å². The molecule has 13 nitrogen and oxygen atoms in total. The molecular weight excluding hydrogens is 634 g/mol. The van der Waals surface area contributed by atoms with Crippen LogP contribution in [0, 0.1) is 5.92 Å². The third-order valence-corrected chi connectivity index (χ3v) is 9.58. The predicted octanol–water partition coefficient (Wildman–Crippen LogP) is 5.41. The van der Waals surface area contributed by atoms with Gasteiger partial charge < -0.3 is 24.3 Å². The summed E-state index contributed by atoms with van der Waals surface area (Å²) in [5.74, 6) is 1.98. The van der Waals surface area contributed by atoms with Gasteiger partial charge in [0.1, 0.15) is 30.2 Å². The molecule has 3 atom stereocenters. The molecule has 3 aliphatic rings. The van der Waals surface area contributed by atoms with Crippen LogP contribution in [-0.2, 0) is 16.0 Å². The Morgan fingerprint density at radius 3 is 2.46 bits per heavy atom. The second-order valence-corrected chi connectivity index (χ2v) is 13.7. The molecule has 3 fully saturated rings. The largest absolute Gasteiger partial charge is 0.487 e. The molecule has 1 aliphatic carbocycles. The summed E-state index contributed by atoms with van der Waals surface area (Å²) < 4.78 is 27.5. The van der Waals surface area contributed by atoms with Crippen molar-refractivity contribution in [3.63, 3.8) is 0 Å². The van der Waals surface area contributed by atoms with Crippen LogP contribution in [-0.4, -0.2) is 96.7 Å². The molecule has 48 heavy (non-hydrogen) atoms. The quantitative estimate of drug-likeness (QED) is 0.207. The van der Waals surface area contributed by atoms with Gasteiger partial charge in [0.05, 0.1) is 55.8 Å². The van der Waals surface area contributed by atoms with E-state index in [0.717, 1.165) is 68.8 Å². The lowest BCUT2D eigenvalue weighted by Crippen LogP contribution is -2.51. The number of morpholine rings is 1. The molecule has 2 aliphatic heterocycles. The molecule has 0 bridgehead atoms. The van der Waals surface area contributed by atoms with Crippen molar-refractivity contribution in [1.29, 1.82) is 0 Å². The fourth-order valence-electron chi connectivity index (χ4n) is 6.82. The monoisotopic (exact) mass is 677 g/mol. The summed E-state index contributed by atoms with van der Waals surface area (Å²) in [6, 6.07) is 6.56. The zero-order valence-corrected chi connectivity index (χ0v) is 28.5. The van der Waals surface area contributed by atoms with Gasteiger partial charge in [0.25, 0.3) is 5.88 Å². The molecule has 1 aromatic carbocycles. The van der Waals surface area contributed by atoms with Crippen molar-refractivity contribution < 1.29 is 18.9 Å². The minimum atomic E-state index is -0.163. The zero-order chi connectivity index (χ0) is 33.0. The zero-order valence-electron chi connectivity index (χ0n) is 27.7. The first-order valence-electron chi connectivity index (χ1n) is 16.9. The lowest BCUT2D eigenvalue weighted by molar-refractivity contribution is -0.0852. The van der Waals surface area contributed by atoms with Gasteiger partial charge in [0.2, 0.25) is 5.95 Å². The molecule has 0 amide bonds. The molecule has 3 aromatic heterocycles. The Labute approximate surface area is 285 Å². The Kier molecular flexibility index (Phi) is 10.1. The number of rotatable bonds is 12. The van der Waals surface area contributed by atoms with E-state index in [4.69, 9.17) is 35.6 Å². The Bertz CT molecular complexity index is 1610. The van der Waals surface area contributed by atoms with Gasteiger partial charge in [0, 0.05) is 43.0 Å². The first-order chi connectivity index (χ1) is 23.4. The molecule has 4 aromatic rings. The number of nitrogens with zero attached hydrogens (tertiary/aromatic N) is 8. The average Bonchev–Trinajstić information content (AvgIpc) is 3.71. The maximum absolute atomic E-state index is 6.47. The van der Waals surface area contributed by atoms with Crippen LogP contribution in [0.5, 0.6) is 11.6 Å². The van der Waals surface area contributed by atoms with Crippen LogP contribution in [0.25, 0.3) is 11.1 Å². The van der Waals surface area contributed by atoms with Gasteiger partial charge in [-0.2, -0.15) is 5.10 Å². The normalized spacial score (nSPS) is 24.2. The summed E-state index contributed by atoms with van der Waals surface area (Å²) in [6.07, 6.45) is 13.6. The van der Waals surface area contributed by atoms with Crippen LogP contribution in [0.2, 0.25) is 5.02 Å². The molecule has 2 saturated heterocycles. The topological polar surface area (TPSA) is 127 Å². The summed E-state index contributed by atoms with van der Waals surface area (Å²) in [4.78, 5) is 15.9. The van der Waals surface area contributed by atoms with Crippen LogP contribution in [0.4, 0.5) is 11.6 Å². The van der Waals surface area contributed by atoms with E-state index in [1.54, 1.807) is 23.4 Å². The van der Waals surface area contributed by atoms with Gasteiger partial charge in [0.15, 0.2) is 0 Å². The smallest absolute Gasteiger partial charge is 0.256 e. The number of halogens is 1. The highest BCUT2D eigenvalue weighted by molar-refractivity contribution is 6.32. The SMILES string of the molecule is C[C@@H]1CN([C@H]2CC[C@H](n3cc(Nc4ncc(-c5ccc(Cl)c(O[C@@H](C)Cn6cncn6)c5)cn4)c(OCC4COC4)n3)CC2)C[C@H](C)O1. The number of ether oxygens (including phenoxy) is 4. The van der Waals surface area contributed by atoms with E-state index in [2.05, 4.69) is 48.8 Å². The standard InChI is InChI=1S/C34H44ClN9O4/c1-22-13-42(14-23(2)47-22)28-5-7-29(8-6-28)44-16-31(33(41-44)46-19-25-17-45-18-25)40-34-37-11-27(12-38-34)26-4-9-30(35)32(10-26)48-24(3)15-43-21-36-20-39-43/h4,9-12,16,20-25,28-29H,5-8,13-15,17-19H2,1-3H3,(H,37,38,40)/t22-,23+,24-,28-,29-/m0/s1. The van der Waals surface area contributed by atoms with E-state index >= 15 is 0 Å². The van der Waals surface area contributed by atoms with Crippen LogP contribution >= 0.6 is 11.6 Å². The van der Waals surface area contributed by atoms with Crippen LogP contribution in [0.3, 0.4) is 0 Å². The Hall–Kier alpha value is -3.78. The van der Waals surface area contributed by atoms with Gasteiger partial charge in [-0.1, -0.05) is 17.7 Å². The molecule has 1 N–H and O–H groups in total. The van der Waals surface area contributed by atoms with E-state index < -0.39 is 0 Å². The van der Waals surface area contributed by atoms with Crippen molar-refractivity contribution in [2.75, 3.05) is 38.2 Å². The van der Waals surface area contributed by atoms with Gasteiger partial charge in [-0.25, -0.2) is 19.6 Å². The predicted molar refractivity (Wildman–Crippen MR) is 181 cm³/mol. The third-order valence-electron chi connectivity index (χ3n) is 9.27. The van der Waals surface area contributed by atoms with Crippen molar-refractivity contribution in [3.05, 3.63) is 54.5 Å². The summed E-state index contributed by atoms with van der Waals surface area (Å²) in [7, 11) is 0. The van der Waals surface area contributed by atoms with Gasteiger partial charge in [-0.3, -0.25) is 9.58 Å². The molecule has 1 saturated carbocycles. The lowest BCUT2D eigenvalue weighted by Gasteiger charge is -2.42. The number of hydrogen-bond donors (Lipinski definition) is 1. The molecule has 14 heteroatoms. The number of aromatic nitrogens is 7. The molecule has 256 valence electrons. The summed E-state index contributed by atoms with van der Waals surface area (Å²) in [6.45, 7) is 10.9. The Morgan fingerprint density at radius 1 is 1.02 bits per heavy atom. The first kappa shape index (κ1) is 32.8. The summed E-state index contributed by atoms with van der Waals surface area (Å²) in [5.41, 5.74) is 2.48. The van der Waals surface area contributed by atoms with Crippen molar-refractivity contribution in [3.8, 4) is 22.8 Å². The molecule has 0 radical (unpaired) electrons. The number of anilines is 2. The molecular formula is C34H44ClN9O4. The van der Waals surface area contributed by atoms with Crippen molar-refractivity contribution in [2.24, 2.45) is 5.92 Å². The van der Waals surface area contributed by atoms with Crippen molar-refractivity contribution in [1.82, 2.24) is 39.4 Å². The Morgan fingerprint density at radius 2 is 1.77 bits per heavy atom.